The van der Waals surface area contributed by atoms with Gasteiger partial charge >= 0.3 is 5.54 Å². The molecule has 13 heavy (non-hydrogen) atoms. The smallest absolute Gasteiger partial charge is 0.317 e. The molecule has 0 aromatic carbocycles. The molecule has 1 rings (SSSR count). The number of hydrogen-bond donors (Lipinski definition) is 1. The van der Waals surface area contributed by atoms with Gasteiger partial charge in [0.2, 0.25) is 5.39 Å². The zero-order chi connectivity index (χ0) is 9.90. The van der Waals surface area contributed by atoms with Gasteiger partial charge in [0.1, 0.15) is 11.0 Å². The predicted octanol–water partition coefficient (Wildman–Crippen LogP) is 2.22. The molecule has 0 aromatic heterocycles. The quantitative estimate of drug-likeness (QED) is 0.659. The first kappa shape index (κ1) is 9.94. The lowest BCUT2D eigenvalue weighted by atomic mass is 9.83. The van der Waals surface area contributed by atoms with E-state index in [2.05, 4.69) is 11.9 Å². The van der Waals surface area contributed by atoms with E-state index in [9.17, 15) is 0 Å². The first-order chi connectivity index (χ1) is 6.18. The highest BCUT2D eigenvalue weighted by Gasteiger charge is 2.46. The molecule has 3 nitrogen and oxygen atoms in total. The van der Waals surface area contributed by atoms with Crippen LogP contribution in [0.5, 0.6) is 0 Å². The highest BCUT2D eigenvalue weighted by molar-refractivity contribution is 5.36. The van der Waals surface area contributed by atoms with Crippen molar-refractivity contribution in [2.75, 3.05) is 0 Å². The van der Waals surface area contributed by atoms with Gasteiger partial charge in [0.15, 0.2) is 0 Å². The second kappa shape index (κ2) is 3.71. The van der Waals surface area contributed by atoms with Gasteiger partial charge in [-0.3, -0.25) is 0 Å². The van der Waals surface area contributed by atoms with Crippen LogP contribution < -0.4 is 5.73 Å². The Morgan fingerprint density at radius 1 is 1.62 bits per heavy atom. The molecule has 0 spiro atoms. The molecule has 1 aliphatic rings. The summed E-state index contributed by atoms with van der Waals surface area (Å²) in [6.07, 6.45) is 7.55. The number of allylic oxidation sites excluding steroid dienone is 2. The van der Waals surface area contributed by atoms with E-state index >= 15 is 0 Å². The fourth-order valence-electron chi connectivity index (χ4n) is 1.55. The molecule has 0 saturated heterocycles. The average Bonchev–Trinajstić information content (AvgIpc) is 2.18. The average molecular weight is 178 g/mol. The van der Waals surface area contributed by atoms with E-state index in [1.807, 2.05) is 25.2 Å². The van der Waals surface area contributed by atoms with Gasteiger partial charge in [-0.05, 0) is 6.42 Å². The van der Waals surface area contributed by atoms with Crippen molar-refractivity contribution in [2.45, 2.75) is 38.3 Å². The van der Waals surface area contributed by atoms with E-state index in [1.54, 1.807) is 0 Å². The molecular formula is C10H16N3+. The van der Waals surface area contributed by atoms with Gasteiger partial charge in [-0.25, -0.2) is 0 Å². The third-order valence-corrected chi connectivity index (χ3v) is 2.72. The Kier molecular flexibility index (Phi) is 2.84. The molecule has 3 heteroatoms. The first-order valence-electron chi connectivity index (χ1n) is 4.70. The van der Waals surface area contributed by atoms with E-state index in [0.717, 1.165) is 6.42 Å². The Labute approximate surface area is 78.9 Å². The van der Waals surface area contributed by atoms with Crippen molar-refractivity contribution in [3.05, 3.63) is 28.8 Å². The largest absolute Gasteiger partial charge is 0.359 e. The molecule has 0 aliphatic heterocycles. The van der Waals surface area contributed by atoms with Crippen LogP contribution in [-0.4, -0.2) is 11.6 Å². The van der Waals surface area contributed by atoms with E-state index in [4.69, 9.17) is 11.1 Å². The van der Waals surface area contributed by atoms with Crippen molar-refractivity contribution in [1.82, 2.24) is 0 Å². The fraction of sp³-hybridized carbons (Fsp3) is 0.600. The van der Waals surface area contributed by atoms with Gasteiger partial charge < -0.3 is 5.73 Å². The maximum absolute atomic E-state index is 8.94. The highest BCUT2D eigenvalue weighted by Crippen LogP contribution is 2.28. The Balaban J connectivity index is 2.94. The van der Waals surface area contributed by atoms with E-state index in [-0.39, 0.29) is 6.04 Å². The zero-order valence-electron chi connectivity index (χ0n) is 8.20. The maximum atomic E-state index is 8.94. The zero-order valence-corrected chi connectivity index (χ0v) is 8.20. The summed E-state index contributed by atoms with van der Waals surface area (Å²) in [5, 5.41) is 8.94. The molecule has 0 amide bonds. The molecule has 70 valence electrons. The van der Waals surface area contributed by atoms with Crippen LogP contribution >= 0.6 is 0 Å². The molecule has 2 unspecified atom stereocenters. The Bertz CT molecular complexity index is 285. The van der Waals surface area contributed by atoms with Crippen LogP contribution in [0.1, 0.15) is 26.7 Å². The number of nitrogens with zero attached hydrogens (tertiary/aromatic N) is 2. The highest BCUT2D eigenvalue weighted by atomic mass is 15.0. The van der Waals surface area contributed by atoms with Gasteiger partial charge in [0, 0.05) is 12.5 Å². The van der Waals surface area contributed by atoms with Crippen molar-refractivity contribution in [3.8, 4) is 0 Å². The summed E-state index contributed by atoms with van der Waals surface area (Å²) in [5.41, 5.74) is 6.53. The second-order valence-electron chi connectivity index (χ2n) is 3.40. The van der Waals surface area contributed by atoms with Crippen LogP contribution in [0, 0.1) is 5.39 Å². The second-order valence-corrected chi connectivity index (χ2v) is 3.40. The summed E-state index contributed by atoms with van der Waals surface area (Å²) < 4.78 is 0. The lowest BCUT2D eigenvalue weighted by molar-refractivity contribution is 0.515. The Morgan fingerprint density at radius 2 is 2.31 bits per heavy atom. The number of nitrogens with two attached hydrogens (primary N) is 1. The molecule has 0 fully saturated rings. The van der Waals surface area contributed by atoms with Crippen LogP contribution in [0.3, 0.4) is 0 Å². The molecule has 0 saturated carbocycles. The molecule has 2 atom stereocenters. The third-order valence-electron chi connectivity index (χ3n) is 2.72. The van der Waals surface area contributed by atoms with Crippen molar-refractivity contribution in [2.24, 2.45) is 5.73 Å². The van der Waals surface area contributed by atoms with Crippen LogP contribution in [0.25, 0.3) is 4.98 Å². The summed E-state index contributed by atoms with van der Waals surface area (Å²) in [6.45, 7) is 4.05. The van der Waals surface area contributed by atoms with Crippen LogP contribution in [0.2, 0.25) is 0 Å². The lowest BCUT2D eigenvalue weighted by Gasteiger charge is -2.19. The van der Waals surface area contributed by atoms with Crippen molar-refractivity contribution < 1.29 is 0 Å². The Morgan fingerprint density at radius 3 is 2.69 bits per heavy atom. The van der Waals surface area contributed by atoms with E-state index in [0.29, 0.717) is 6.42 Å². The lowest BCUT2D eigenvalue weighted by Crippen LogP contribution is -2.43. The van der Waals surface area contributed by atoms with Crippen molar-refractivity contribution >= 4 is 0 Å². The minimum atomic E-state index is -0.599. The molecular weight excluding hydrogens is 162 g/mol. The molecule has 0 aromatic rings. The summed E-state index contributed by atoms with van der Waals surface area (Å²) in [6, 6.07) is -0.206. The number of hydrogen-bond acceptors (Lipinski definition) is 2. The van der Waals surface area contributed by atoms with Gasteiger partial charge in [-0.15, -0.1) is 0 Å². The number of rotatable bonds is 2. The fourth-order valence-corrected chi connectivity index (χ4v) is 1.55. The molecule has 0 radical (unpaired) electrons. The predicted molar refractivity (Wildman–Crippen MR) is 53.6 cm³/mol. The van der Waals surface area contributed by atoms with E-state index < -0.39 is 5.54 Å². The SMILES string of the molecule is CCC1=CC(N)C(CC)([N+]#N)C=C1. The van der Waals surface area contributed by atoms with Crippen LogP contribution in [-0.2, 0) is 0 Å². The topological polar surface area (TPSA) is 54.2 Å². The Hall–Kier alpha value is -1.14. The number of diazo groups is 1. The van der Waals surface area contributed by atoms with Gasteiger partial charge in [-0.1, -0.05) is 31.6 Å². The summed E-state index contributed by atoms with van der Waals surface area (Å²) >= 11 is 0. The molecule has 0 heterocycles. The van der Waals surface area contributed by atoms with Crippen molar-refractivity contribution in [3.63, 3.8) is 0 Å². The summed E-state index contributed by atoms with van der Waals surface area (Å²) in [5.74, 6) is 0. The van der Waals surface area contributed by atoms with Gasteiger partial charge in [0.25, 0.3) is 0 Å². The summed E-state index contributed by atoms with van der Waals surface area (Å²) in [4.78, 5) is 3.39. The minimum Gasteiger partial charge on any atom is -0.317 e. The third kappa shape index (κ3) is 1.63. The van der Waals surface area contributed by atoms with Crippen LogP contribution in [0.15, 0.2) is 23.8 Å². The summed E-state index contributed by atoms with van der Waals surface area (Å²) in [7, 11) is 0. The normalized spacial score (nSPS) is 32.5. The molecule has 2 N–H and O–H groups in total. The van der Waals surface area contributed by atoms with E-state index in [1.165, 1.54) is 5.57 Å². The monoisotopic (exact) mass is 178 g/mol. The minimum absolute atomic E-state index is 0.206. The maximum Gasteiger partial charge on any atom is 0.359 e. The van der Waals surface area contributed by atoms with Gasteiger partial charge in [-0.2, -0.15) is 0 Å². The van der Waals surface area contributed by atoms with Crippen LogP contribution in [0.4, 0.5) is 0 Å². The van der Waals surface area contributed by atoms with Crippen molar-refractivity contribution in [1.29, 1.82) is 5.39 Å². The standard InChI is InChI=1S/C10H16N3/c1-3-8-5-6-10(4-2,13-12)9(11)7-8/h5-7,9H,3-4,11H2,1-2H3/q+1. The van der Waals surface area contributed by atoms with Gasteiger partial charge in [0.05, 0.1) is 0 Å². The molecule has 1 aliphatic carbocycles. The molecule has 0 bridgehead atoms. The first-order valence-corrected chi connectivity index (χ1v) is 4.70.